The van der Waals surface area contributed by atoms with Crippen LogP contribution in [0.3, 0.4) is 0 Å². The lowest BCUT2D eigenvalue weighted by Crippen LogP contribution is -2.27. The molecule has 2 unspecified atom stereocenters. The van der Waals surface area contributed by atoms with Crippen LogP contribution in [-0.4, -0.2) is 16.3 Å². The van der Waals surface area contributed by atoms with E-state index in [1.807, 2.05) is 38.1 Å². The molecule has 96 valence electrons. The molecule has 1 rings (SSSR count). The summed E-state index contributed by atoms with van der Waals surface area (Å²) >= 11 is 0. The fraction of sp³-hybridized carbons (Fsp3) is 0.600. The molecule has 0 bridgehead atoms. The molecule has 0 aromatic heterocycles. The van der Waals surface area contributed by atoms with Crippen molar-refractivity contribution in [1.29, 1.82) is 0 Å². The third-order valence-electron chi connectivity index (χ3n) is 3.56. The predicted molar refractivity (Wildman–Crippen MR) is 70.9 cm³/mol. The molecule has 2 nitrogen and oxygen atoms in total. The number of aryl methyl sites for hydroxylation is 1. The summed E-state index contributed by atoms with van der Waals surface area (Å²) < 4.78 is 0. The number of aliphatic hydroxyl groups excluding tert-OH is 2. The average Bonchev–Trinajstić information content (AvgIpc) is 2.39. The van der Waals surface area contributed by atoms with Crippen molar-refractivity contribution in [3.8, 4) is 0 Å². The van der Waals surface area contributed by atoms with Crippen molar-refractivity contribution < 1.29 is 10.2 Å². The van der Waals surface area contributed by atoms with E-state index in [4.69, 9.17) is 0 Å². The molecule has 1 aromatic rings. The summed E-state index contributed by atoms with van der Waals surface area (Å²) in [7, 11) is 0. The Bertz CT molecular complexity index is 331. The Morgan fingerprint density at radius 1 is 1.06 bits per heavy atom. The van der Waals surface area contributed by atoms with E-state index in [0.29, 0.717) is 0 Å². The lowest BCUT2D eigenvalue weighted by atomic mass is 9.89. The Kier molecular flexibility index (Phi) is 5.66. The van der Waals surface area contributed by atoms with Crippen LogP contribution >= 0.6 is 0 Å². The van der Waals surface area contributed by atoms with Crippen LogP contribution in [0.1, 0.15) is 50.8 Å². The van der Waals surface area contributed by atoms with E-state index in [0.717, 1.165) is 24.8 Å². The van der Waals surface area contributed by atoms with Gasteiger partial charge in [-0.05, 0) is 23.5 Å². The van der Waals surface area contributed by atoms with Gasteiger partial charge in [0.05, 0.1) is 6.10 Å². The van der Waals surface area contributed by atoms with E-state index in [1.165, 1.54) is 5.56 Å². The number of hydrogen-bond acceptors (Lipinski definition) is 2. The van der Waals surface area contributed by atoms with E-state index in [9.17, 15) is 10.2 Å². The van der Waals surface area contributed by atoms with Crippen molar-refractivity contribution in [2.75, 3.05) is 0 Å². The first-order chi connectivity index (χ1) is 8.13. The van der Waals surface area contributed by atoms with Crippen LogP contribution in [0, 0.1) is 5.92 Å². The van der Waals surface area contributed by atoms with E-state index in [-0.39, 0.29) is 5.92 Å². The summed E-state index contributed by atoms with van der Waals surface area (Å²) in [5, 5.41) is 20.3. The Morgan fingerprint density at radius 2 is 1.71 bits per heavy atom. The second-order valence-corrected chi connectivity index (χ2v) is 4.61. The molecule has 2 heteroatoms. The Morgan fingerprint density at radius 3 is 2.24 bits per heavy atom. The van der Waals surface area contributed by atoms with Gasteiger partial charge in [0.25, 0.3) is 0 Å². The first kappa shape index (κ1) is 14.2. The lowest BCUT2D eigenvalue weighted by Gasteiger charge is -2.25. The molecule has 0 radical (unpaired) electrons. The summed E-state index contributed by atoms with van der Waals surface area (Å²) in [5.74, 6) is 0.162. The molecule has 0 saturated heterocycles. The highest BCUT2D eigenvalue weighted by Gasteiger charge is 2.24. The molecule has 0 saturated carbocycles. The molecule has 17 heavy (non-hydrogen) atoms. The molecule has 0 aliphatic heterocycles. The molecule has 0 aliphatic carbocycles. The summed E-state index contributed by atoms with van der Waals surface area (Å²) in [4.78, 5) is 0. The second kappa shape index (κ2) is 6.77. The average molecular weight is 236 g/mol. The Labute approximate surface area is 104 Å². The van der Waals surface area contributed by atoms with Crippen molar-refractivity contribution in [2.24, 2.45) is 5.92 Å². The van der Waals surface area contributed by atoms with Gasteiger partial charge in [0.2, 0.25) is 0 Å². The van der Waals surface area contributed by atoms with E-state index in [1.54, 1.807) is 0 Å². The van der Waals surface area contributed by atoms with Gasteiger partial charge in [0.1, 0.15) is 6.10 Å². The summed E-state index contributed by atoms with van der Waals surface area (Å²) in [6, 6.07) is 7.85. The first-order valence-electron chi connectivity index (χ1n) is 6.58. The van der Waals surface area contributed by atoms with Crippen molar-refractivity contribution >= 4 is 0 Å². The van der Waals surface area contributed by atoms with Gasteiger partial charge in [-0.3, -0.25) is 0 Å². The number of benzene rings is 1. The topological polar surface area (TPSA) is 40.5 Å². The van der Waals surface area contributed by atoms with Crippen LogP contribution in [0.2, 0.25) is 0 Å². The third kappa shape index (κ3) is 3.55. The number of hydrogen-bond donors (Lipinski definition) is 2. The SMILES string of the molecule is CCc1cccc(C(O)C(O)C(CC)CC)c1. The van der Waals surface area contributed by atoms with Crippen LogP contribution in [-0.2, 0) is 6.42 Å². The minimum absolute atomic E-state index is 0.162. The van der Waals surface area contributed by atoms with Gasteiger partial charge in [-0.2, -0.15) is 0 Å². The van der Waals surface area contributed by atoms with E-state index < -0.39 is 12.2 Å². The fourth-order valence-electron chi connectivity index (χ4n) is 2.22. The molecule has 2 atom stereocenters. The molecule has 1 aromatic carbocycles. The maximum Gasteiger partial charge on any atom is 0.105 e. The van der Waals surface area contributed by atoms with Crippen LogP contribution < -0.4 is 0 Å². The maximum absolute atomic E-state index is 10.2. The quantitative estimate of drug-likeness (QED) is 0.797. The predicted octanol–water partition coefficient (Wildman–Crippen LogP) is 3.08. The minimum atomic E-state index is -0.772. The van der Waals surface area contributed by atoms with Gasteiger partial charge < -0.3 is 10.2 Å². The highest BCUT2D eigenvalue weighted by molar-refractivity contribution is 5.25. The molecular formula is C15H24O2. The third-order valence-corrected chi connectivity index (χ3v) is 3.56. The molecular weight excluding hydrogens is 212 g/mol. The zero-order valence-electron chi connectivity index (χ0n) is 11.1. The van der Waals surface area contributed by atoms with Crippen LogP contribution in [0.4, 0.5) is 0 Å². The Balaban J connectivity index is 2.83. The second-order valence-electron chi connectivity index (χ2n) is 4.61. The van der Waals surface area contributed by atoms with Gasteiger partial charge in [0, 0.05) is 0 Å². The van der Waals surface area contributed by atoms with Crippen molar-refractivity contribution in [3.05, 3.63) is 35.4 Å². The molecule has 0 amide bonds. The standard InChI is InChI=1S/C15H24O2/c1-4-11-8-7-9-13(10-11)15(17)14(16)12(5-2)6-3/h7-10,12,14-17H,4-6H2,1-3H3. The highest BCUT2D eigenvalue weighted by Crippen LogP contribution is 2.26. The molecule has 0 aliphatic rings. The monoisotopic (exact) mass is 236 g/mol. The number of aliphatic hydroxyl groups is 2. The largest absolute Gasteiger partial charge is 0.390 e. The molecule has 2 N–H and O–H groups in total. The molecule has 0 spiro atoms. The van der Waals surface area contributed by atoms with Crippen LogP contribution in [0.15, 0.2) is 24.3 Å². The maximum atomic E-state index is 10.2. The smallest absolute Gasteiger partial charge is 0.105 e. The summed E-state index contributed by atoms with van der Waals surface area (Å²) in [6.07, 6.45) is 1.29. The van der Waals surface area contributed by atoms with Gasteiger partial charge in [-0.1, -0.05) is 57.9 Å². The summed E-state index contributed by atoms with van der Waals surface area (Å²) in [6.45, 7) is 6.18. The van der Waals surface area contributed by atoms with Gasteiger partial charge in [0.15, 0.2) is 0 Å². The van der Waals surface area contributed by atoms with Crippen LogP contribution in [0.25, 0.3) is 0 Å². The molecule has 0 fully saturated rings. The normalized spacial score (nSPS) is 14.9. The fourth-order valence-corrected chi connectivity index (χ4v) is 2.22. The minimum Gasteiger partial charge on any atom is -0.390 e. The first-order valence-corrected chi connectivity index (χ1v) is 6.58. The van der Waals surface area contributed by atoms with Gasteiger partial charge >= 0.3 is 0 Å². The number of rotatable bonds is 6. The zero-order chi connectivity index (χ0) is 12.8. The van der Waals surface area contributed by atoms with Gasteiger partial charge in [-0.15, -0.1) is 0 Å². The zero-order valence-corrected chi connectivity index (χ0v) is 11.1. The Hall–Kier alpha value is -0.860. The van der Waals surface area contributed by atoms with Crippen molar-refractivity contribution in [2.45, 2.75) is 52.2 Å². The van der Waals surface area contributed by atoms with E-state index >= 15 is 0 Å². The van der Waals surface area contributed by atoms with Crippen LogP contribution in [0.5, 0.6) is 0 Å². The highest BCUT2D eigenvalue weighted by atomic mass is 16.3. The summed E-state index contributed by atoms with van der Waals surface area (Å²) in [5.41, 5.74) is 2.02. The molecule has 0 heterocycles. The van der Waals surface area contributed by atoms with Crippen molar-refractivity contribution in [3.63, 3.8) is 0 Å². The van der Waals surface area contributed by atoms with Gasteiger partial charge in [-0.25, -0.2) is 0 Å². The van der Waals surface area contributed by atoms with E-state index in [2.05, 4.69) is 6.92 Å². The van der Waals surface area contributed by atoms with Crippen molar-refractivity contribution in [1.82, 2.24) is 0 Å². The lowest BCUT2D eigenvalue weighted by molar-refractivity contribution is -0.0209.